The van der Waals surface area contributed by atoms with Gasteiger partial charge in [0.25, 0.3) is 0 Å². The second-order valence-corrected chi connectivity index (χ2v) is 6.65. The minimum atomic E-state index is -0.390. The van der Waals surface area contributed by atoms with Crippen LogP contribution in [0.1, 0.15) is 71.1 Å². The first kappa shape index (κ1) is 13.4. The molecule has 0 amide bonds. The lowest BCUT2D eigenvalue weighted by atomic mass is 10.1. The molecule has 3 saturated carbocycles. The van der Waals surface area contributed by atoms with Crippen molar-refractivity contribution in [3.05, 3.63) is 0 Å². The van der Waals surface area contributed by atoms with Gasteiger partial charge in [0.15, 0.2) is 6.10 Å². The summed E-state index contributed by atoms with van der Waals surface area (Å²) in [6.45, 7) is 1.86. The highest BCUT2D eigenvalue weighted by molar-refractivity contribution is 5.75. The highest BCUT2D eigenvalue weighted by Gasteiger charge is 2.57. The van der Waals surface area contributed by atoms with E-state index >= 15 is 0 Å². The normalized spacial score (nSPS) is 28.5. The molecule has 3 aliphatic carbocycles. The average molecular weight is 266 g/mol. The predicted octanol–water partition coefficient (Wildman–Crippen LogP) is 3.60. The van der Waals surface area contributed by atoms with Gasteiger partial charge in [-0.1, -0.05) is 25.7 Å². The van der Waals surface area contributed by atoms with Crippen molar-refractivity contribution >= 4 is 5.97 Å². The minimum Gasteiger partial charge on any atom is -0.457 e. The minimum absolute atomic E-state index is 0.0713. The maximum absolute atomic E-state index is 12.1. The van der Waals surface area contributed by atoms with Gasteiger partial charge in [-0.3, -0.25) is 0 Å². The van der Waals surface area contributed by atoms with Crippen molar-refractivity contribution in [3.8, 4) is 0 Å². The summed E-state index contributed by atoms with van der Waals surface area (Å²) in [7, 11) is 0. The fraction of sp³-hybridized carbons (Fsp3) is 0.938. The average Bonchev–Trinajstić information content (AvgIpc) is 3.25. The monoisotopic (exact) mass is 266 g/mol. The van der Waals surface area contributed by atoms with Crippen LogP contribution in [0.4, 0.5) is 0 Å². The zero-order valence-corrected chi connectivity index (χ0v) is 12.0. The summed E-state index contributed by atoms with van der Waals surface area (Å²) in [5.41, 5.74) is -0.0713. The quantitative estimate of drug-likeness (QED) is 0.563. The first-order valence-electron chi connectivity index (χ1n) is 8.08. The summed E-state index contributed by atoms with van der Waals surface area (Å²) in [5.74, 6) is 0.523. The Morgan fingerprint density at radius 2 is 1.68 bits per heavy atom. The fourth-order valence-electron chi connectivity index (χ4n) is 3.33. The van der Waals surface area contributed by atoms with E-state index in [1.807, 2.05) is 6.92 Å². The Morgan fingerprint density at radius 1 is 1.05 bits per heavy atom. The molecule has 0 saturated heterocycles. The summed E-state index contributed by atoms with van der Waals surface area (Å²) >= 11 is 0. The molecule has 0 aromatic rings. The van der Waals surface area contributed by atoms with Gasteiger partial charge in [0, 0.05) is 0 Å². The second-order valence-electron chi connectivity index (χ2n) is 6.65. The first-order valence-corrected chi connectivity index (χ1v) is 8.08. The highest BCUT2D eigenvalue weighted by Crippen LogP contribution is 2.56. The molecule has 1 atom stereocenters. The summed E-state index contributed by atoms with van der Waals surface area (Å²) in [6.07, 6.45) is 11.8. The predicted molar refractivity (Wildman–Crippen MR) is 72.8 cm³/mol. The zero-order valence-electron chi connectivity index (χ0n) is 12.0. The maximum Gasteiger partial charge on any atom is 0.335 e. The van der Waals surface area contributed by atoms with Gasteiger partial charge in [0.1, 0.15) is 5.60 Å². The van der Waals surface area contributed by atoms with Crippen LogP contribution in [0.25, 0.3) is 0 Å². The van der Waals surface area contributed by atoms with Crippen LogP contribution >= 0.6 is 0 Å². The third-order valence-corrected chi connectivity index (χ3v) is 4.90. The summed E-state index contributed by atoms with van der Waals surface area (Å²) in [4.78, 5) is 12.1. The van der Waals surface area contributed by atoms with E-state index in [0.29, 0.717) is 5.92 Å². The van der Waals surface area contributed by atoms with E-state index in [9.17, 15) is 4.79 Å². The van der Waals surface area contributed by atoms with E-state index < -0.39 is 0 Å². The van der Waals surface area contributed by atoms with Gasteiger partial charge < -0.3 is 9.47 Å². The van der Waals surface area contributed by atoms with Crippen LogP contribution in [0.5, 0.6) is 0 Å². The van der Waals surface area contributed by atoms with E-state index in [4.69, 9.17) is 9.47 Å². The lowest BCUT2D eigenvalue weighted by Crippen LogP contribution is -2.33. The smallest absolute Gasteiger partial charge is 0.335 e. The highest BCUT2D eigenvalue weighted by atomic mass is 16.6. The summed E-state index contributed by atoms with van der Waals surface area (Å²) in [5, 5.41) is 0. The van der Waals surface area contributed by atoms with E-state index in [0.717, 1.165) is 25.7 Å². The molecule has 19 heavy (non-hydrogen) atoms. The van der Waals surface area contributed by atoms with E-state index in [1.165, 1.54) is 38.5 Å². The molecule has 108 valence electrons. The number of carbonyl (C=O) groups is 1. The lowest BCUT2D eigenvalue weighted by Gasteiger charge is -2.23. The SMILES string of the molecule is C[C@H](OC1CCCCCC1)C(=O)OC1(C2CC2)CC1. The zero-order chi connectivity index (χ0) is 13.3. The Hall–Kier alpha value is -0.570. The number of hydrogen-bond acceptors (Lipinski definition) is 3. The summed E-state index contributed by atoms with van der Waals surface area (Å²) in [6, 6.07) is 0. The van der Waals surface area contributed by atoms with Gasteiger partial charge in [-0.05, 0) is 51.4 Å². The van der Waals surface area contributed by atoms with Gasteiger partial charge in [-0.15, -0.1) is 0 Å². The molecule has 0 aliphatic heterocycles. The molecule has 0 unspecified atom stereocenters. The molecule has 0 spiro atoms. The van der Waals surface area contributed by atoms with Gasteiger partial charge in [-0.25, -0.2) is 4.79 Å². The van der Waals surface area contributed by atoms with Crippen LogP contribution in [-0.2, 0) is 14.3 Å². The van der Waals surface area contributed by atoms with Gasteiger partial charge in [0.05, 0.1) is 6.10 Å². The molecule has 3 heteroatoms. The van der Waals surface area contributed by atoms with Gasteiger partial charge in [-0.2, -0.15) is 0 Å². The van der Waals surface area contributed by atoms with Gasteiger partial charge >= 0.3 is 5.97 Å². The molecule has 0 heterocycles. The number of hydrogen-bond donors (Lipinski definition) is 0. The number of carbonyl (C=O) groups excluding carboxylic acids is 1. The molecule has 0 bridgehead atoms. The lowest BCUT2D eigenvalue weighted by molar-refractivity contribution is -0.169. The van der Waals surface area contributed by atoms with Crippen LogP contribution in [-0.4, -0.2) is 23.8 Å². The molecule has 0 N–H and O–H groups in total. The van der Waals surface area contributed by atoms with Crippen molar-refractivity contribution in [3.63, 3.8) is 0 Å². The number of ether oxygens (including phenoxy) is 2. The standard InChI is InChI=1S/C16H26O3/c1-12(18-14-6-4-2-3-5-7-14)15(17)19-16(10-11-16)13-8-9-13/h12-14H,2-11H2,1H3/t12-/m0/s1. The largest absolute Gasteiger partial charge is 0.457 e. The Bertz CT molecular complexity index is 323. The second kappa shape index (κ2) is 5.43. The summed E-state index contributed by atoms with van der Waals surface area (Å²) < 4.78 is 11.7. The van der Waals surface area contributed by atoms with Crippen molar-refractivity contribution in [1.29, 1.82) is 0 Å². The van der Waals surface area contributed by atoms with Crippen molar-refractivity contribution in [2.45, 2.75) is 88.9 Å². The molecular formula is C16H26O3. The van der Waals surface area contributed by atoms with E-state index in [-0.39, 0.29) is 23.8 Å². The van der Waals surface area contributed by atoms with E-state index in [1.54, 1.807) is 0 Å². The molecule has 3 aliphatic rings. The molecule has 0 radical (unpaired) electrons. The van der Waals surface area contributed by atoms with Crippen molar-refractivity contribution in [2.24, 2.45) is 5.92 Å². The van der Waals surface area contributed by atoms with Crippen LogP contribution in [0.15, 0.2) is 0 Å². The van der Waals surface area contributed by atoms with Crippen LogP contribution in [0, 0.1) is 5.92 Å². The van der Waals surface area contributed by atoms with Crippen molar-refractivity contribution in [2.75, 3.05) is 0 Å². The molecule has 0 aromatic heterocycles. The van der Waals surface area contributed by atoms with E-state index in [2.05, 4.69) is 0 Å². The topological polar surface area (TPSA) is 35.5 Å². The number of rotatable bonds is 5. The number of esters is 1. The molecular weight excluding hydrogens is 240 g/mol. The molecule has 0 aromatic carbocycles. The third kappa shape index (κ3) is 3.31. The Morgan fingerprint density at radius 3 is 2.21 bits per heavy atom. The van der Waals surface area contributed by atoms with Gasteiger partial charge in [0.2, 0.25) is 0 Å². The molecule has 3 rings (SSSR count). The first-order chi connectivity index (χ1) is 9.20. The van der Waals surface area contributed by atoms with Crippen molar-refractivity contribution in [1.82, 2.24) is 0 Å². The van der Waals surface area contributed by atoms with Crippen molar-refractivity contribution < 1.29 is 14.3 Å². The van der Waals surface area contributed by atoms with Crippen LogP contribution < -0.4 is 0 Å². The Labute approximate surface area is 116 Å². The van der Waals surface area contributed by atoms with Crippen LogP contribution in [0.2, 0.25) is 0 Å². The molecule has 3 fully saturated rings. The fourth-order valence-corrected chi connectivity index (χ4v) is 3.33. The Balaban J connectivity index is 1.46. The third-order valence-electron chi connectivity index (χ3n) is 4.90. The Kier molecular flexibility index (Phi) is 3.84. The maximum atomic E-state index is 12.1. The van der Waals surface area contributed by atoms with Crippen LogP contribution in [0.3, 0.4) is 0 Å². The molecule has 3 nitrogen and oxygen atoms in total.